The Labute approximate surface area is 94.6 Å². The number of nitrogens with zero attached hydrogens (tertiary/aromatic N) is 2. The van der Waals surface area contributed by atoms with E-state index in [1.807, 2.05) is 0 Å². The molecule has 0 fully saturated rings. The van der Waals surface area contributed by atoms with Gasteiger partial charge in [0.15, 0.2) is 0 Å². The van der Waals surface area contributed by atoms with Crippen molar-refractivity contribution in [1.29, 1.82) is 0 Å². The fraction of sp³-hybridized carbons (Fsp3) is 0.0909. The maximum absolute atomic E-state index is 12.5. The Morgan fingerprint density at radius 2 is 2.06 bits per heavy atom. The molecule has 0 atom stereocenters. The highest BCUT2D eigenvalue weighted by molar-refractivity contribution is 5.56. The molecule has 0 unspecified atom stereocenters. The van der Waals surface area contributed by atoms with Gasteiger partial charge in [0.05, 0.1) is 5.56 Å². The van der Waals surface area contributed by atoms with Crippen molar-refractivity contribution in [1.82, 2.24) is 10.1 Å². The molecule has 0 N–H and O–H groups in total. The molecule has 0 aliphatic rings. The lowest BCUT2D eigenvalue weighted by Crippen LogP contribution is -2.04. The van der Waals surface area contributed by atoms with Gasteiger partial charge in [-0.25, -0.2) is 0 Å². The summed E-state index contributed by atoms with van der Waals surface area (Å²) in [6.07, 6.45) is -3.06. The molecule has 1 aromatic carbocycles. The van der Waals surface area contributed by atoms with Crippen LogP contribution in [0.15, 0.2) is 35.4 Å². The Bertz CT molecular complexity index is 546. The van der Waals surface area contributed by atoms with Gasteiger partial charge in [0.2, 0.25) is 11.7 Å². The third-order valence-corrected chi connectivity index (χ3v) is 2.06. The maximum Gasteiger partial charge on any atom is 0.416 e. The monoisotopic (exact) mass is 240 g/mol. The van der Waals surface area contributed by atoms with E-state index in [1.165, 1.54) is 18.2 Å². The summed E-state index contributed by atoms with van der Waals surface area (Å²) in [5, 5.41) is 3.56. The first-order valence-electron chi connectivity index (χ1n) is 4.64. The number of alkyl halides is 3. The summed E-state index contributed by atoms with van der Waals surface area (Å²) >= 11 is 0. The average Bonchev–Trinajstić information content (AvgIpc) is 2.76. The zero-order chi connectivity index (χ0) is 12.5. The van der Waals surface area contributed by atoms with Crippen molar-refractivity contribution in [2.24, 2.45) is 0 Å². The van der Waals surface area contributed by atoms with Crippen LogP contribution in [0.3, 0.4) is 0 Å². The minimum absolute atomic E-state index is 0.103. The van der Waals surface area contributed by atoms with Gasteiger partial charge in [0.1, 0.15) is 0 Å². The summed E-state index contributed by atoms with van der Waals surface area (Å²) in [6.45, 7) is 3.42. The molecule has 0 spiro atoms. The van der Waals surface area contributed by atoms with Crippen molar-refractivity contribution < 1.29 is 17.7 Å². The van der Waals surface area contributed by atoms with Crippen LogP contribution in [0.5, 0.6) is 0 Å². The number of rotatable bonds is 2. The van der Waals surface area contributed by atoms with Crippen molar-refractivity contribution in [3.8, 4) is 11.4 Å². The maximum atomic E-state index is 12.5. The van der Waals surface area contributed by atoms with Crippen LogP contribution in [0.1, 0.15) is 11.5 Å². The van der Waals surface area contributed by atoms with Gasteiger partial charge >= 0.3 is 6.18 Å². The second-order valence-corrected chi connectivity index (χ2v) is 3.24. The molecule has 0 saturated heterocycles. The van der Waals surface area contributed by atoms with E-state index in [9.17, 15) is 13.2 Å². The molecule has 17 heavy (non-hydrogen) atoms. The molecule has 1 heterocycles. The summed E-state index contributed by atoms with van der Waals surface area (Å²) in [6, 6.07) is 4.73. The summed E-state index contributed by atoms with van der Waals surface area (Å²) < 4.78 is 42.2. The zero-order valence-corrected chi connectivity index (χ0v) is 8.53. The molecule has 2 rings (SSSR count). The van der Waals surface area contributed by atoms with Crippen LogP contribution in [0.2, 0.25) is 0 Å². The molecule has 0 saturated carbocycles. The van der Waals surface area contributed by atoms with Crippen LogP contribution in [-0.2, 0) is 6.18 Å². The Morgan fingerprint density at radius 1 is 1.29 bits per heavy atom. The molecule has 1 aromatic heterocycles. The van der Waals surface area contributed by atoms with Gasteiger partial charge in [-0.3, -0.25) is 0 Å². The molecule has 0 radical (unpaired) electrons. The number of hydrogen-bond acceptors (Lipinski definition) is 3. The van der Waals surface area contributed by atoms with Crippen molar-refractivity contribution >= 4 is 6.08 Å². The predicted octanol–water partition coefficient (Wildman–Crippen LogP) is 3.40. The van der Waals surface area contributed by atoms with Crippen LogP contribution in [-0.4, -0.2) is 10.1 Å². The molecular weight excluding hydrogens is 233 g/mol. The summed E-state index contributed by atoms with van der Waals surface area (Å²) in [5.74, 6) is 0.267. The van der Waals surface area contributed by atoms with E-state index < -0.39 is 11.7 Å². The molecule has 0 aliphatic carbocycles. The van der Waals surface area contributed by atoms with Crippen molar-refractivity contribution in [2.75, 3.05) is 0 Å². The fourth-order valence-electron chi connectivity index (χ4n) is 1.27. The molecule has 2 aromatic rings. The highest BCUT2D eigenvalue weighted by atomic mass is 19.4. The summed E-state index contributed by atoms with van der Waals surface area (Å²) in [5.41, 5.74) is -0.503. The largest absolute Gasteiger partial charge is 0.416 e. The first-order valence-corrected chi connectivity index (χ1v) is 4.64. The van der Waals surface area contributed by atoms with Crippen LogP contribution < -0.4 is 0 Å². The normalized spacial score (nSPS) is 11.5. The zero-order valence-electron chi connectivity index (χ0n) is 8.53. The number of hydrogen-bond donors (Lipinski definition) is 0. The van der Waals surface area contributed by atoms with Crippen molar-refractivity contribution in [3.63, 3.8) is 0 Å². The first kappa shape index (κ1) is 11.4. The number of benzene rings is 1. The van der Waals surface area contributed by atoms with E-state index in [2.05, 4.69) is 16.7 Å². The average molecular weight is 240 g/mol. The van der Waals surface area contributed by atoms with Gasteiger partial charge < -0.3 is 4.52 Å². The van der Waals surface area contributed by atoms with Gasteiger partial charge in [-0.05, 0) is 18.2 Å². The molecule has 88 valence electrons. The molecule has 3 nitrogen and oxygen atoms in total. The van der Waals surface area contributed by atoms with E-state index in [-0.39, 0.29) is 17.3 Å². The SMILES string of the molecule is C=Cc1nc(-c2cccc(C(F)(F)F)c2)no1. The topological polar surface area (TPSA) is 38.9 Å². The van der Waals surface area contributed by atoms with Crippen LogP contribution >= 0.6 is 0 Å². The Kier molecular flexibility index (Phi) is 2.71. The highest BCUT2D eigenvalue weighted by Gasteiger charge is 2.30. The lowest BCUT2D eigenvalue weighted by atomic mass is 10.1. The Hall–Kier alpha value is -2.11. The van der Waals surface area contributed by atoms with E-state index in [0.29, 0.717) is 0 Å². The third kappa shape index (κ3) is 2.35. The smallest absolute Gasteiger partial charge is 0.334 e. The van der Waals surface area contributed by atoms with Gasteiger partial charge in [-0.2, -0.15) is 18.2 Å². The van der Waals surface area contributed by atoms with E-state index in [4.69, 9.17) is 4.52 Å². The van der Waals surface area contributed by atoms with Crippen LogP contribution in [0.4, 0.5) is 13.2 Å². The molecule has 0 amide bonds. The lowest BCUT2D eigenvalue weighted by Gasteiger charge is -2.06. The van der Waals surface area contributed by atoms with E-state index >= 15 is 0 Å². The van der Waals surface area contributed by atoms with Gasteiger partial charge in [0.25, 0.3) is 0 Å². The Balaban J connectivity index is 2.42. The molecule has 0 bridgehead atoms. The first-order chi connectivity index (χ1) is 8.00. The second kappa shape index (κ2) is 4.04. The van der Waals surface area contributed by atoms with Crippen molar-refractivity contribution in [2.45, 2.75) is 6.18 Å². The van der Waals surface area contributed by atoms with E-state index in [0.717, 1.165) is 12.1 Å². The fourth-order valence-corrected chi connectivity index (χ4v) is 1.27. The van der Waals surface area contributed by atoms with E-state index in [1.54, 1.807) is 0 Å². The number of aromatic nitrogens is 2. The van der Waals surface area contributed by atoms with Crippen molar-refractivity contribution in [3.05, 3.63) is 42.3 Å². The standard InChI is InChI=1S/C11H7F3N2O/c1-2-9-15-10(16-17-9)7-4-3-5-8(6-7)11(12,13)14/h2-6H,1H2. The summed E-state index contributed by atoms with van der Waals surface area (Å²) in [7, 11) is 0. The van der Waals surface area contributed by atoms with Gasteiger partial charge in [-0.15, -0.1) is 0 Å². The second-order valence-electron chi connectivity index (χ2n) is 3.24. The third-order valence-electron chi connectivity index (χ3n) is 2.06. The molecule has 0 aliphatic heterocycles. The molecule has 6 heteroatoms. The Morgan fingerprint density at radius 3 is 2.65 bits per heavy atom. The van der Waals surface area contributed by atoms with Gasteiger partial charge in [-0.1, -0.05) is 23.9 Å². The lowest BCUT2D eigenvalue weighted by molar-refractivity contribution is -0.137. The highest BCUT2D eigenvalue weighted by Crippen LogP contribution is 2.31. The molecular formula is C11H7F3N2O. The quantitative estimate of drug-likeness (QED) is 0.807. The predicted molar refractivity (Wildman–Crippen MR) is 54.8 cm³/mol. The minimum Gasteiger partial charge on any atom is -0.334 e. The van der Waals surface area contributed by atoms with Crippen LogP contribution in [0.25, 0.3) is 17.5 Å². The van der Waals surface area contributed by atoms with Gasteiger partial charge in [0, 0.05) is 5.56 Å². The minimum atomic E-state index is -4.39. The van der Waals surface area contributed by atoms with Crippen LogP contribution in [0, 0.1) is 0 Å². The number of halogens is 3. The summed E-state index contributed by atoms with van der Waals surface area (Å²) in [4.78, 5) is 3.86.